The lowest BCUT2D eigenvalue weighted by Gasteiger charge is -2.19. The van der Waals surface area contributed by atoms with Gasteiger partial charge in [-0.25, -0.2) is 4.79 Å². The molecule has 0 aliphatic heterocycles. The summed E-state index contributed by atoms with van der Waals surface area (Å²) in [5.74, 6) is 0. The molecule has 0 rings (SSSR count). The van der Waals surface area contributed by atoms with Crippen molar-refractivity contribution in [1.29, 1.82) is 0 Å². The third-order valence-corrected chi connectivity index (χ3v) is 4.15. The number of amides is 1. The van der Waals surface area contributed by atoms with Crippen LogP contribution in [0.5, 0.6) is 0 Å². The monoisotopic (exact) mass is 556 g/mol. The maximum Gasteiger partial charge on any atom is 0.407 e. The van der Waals surface area contributed by atoms with Crippen molar-refractivity contribution in [3.8, 4) is 0 Å². The highest BCUT2D eigenvalue weighted by Gasteiger charge is 2.15. The number of rotatable bonds is 29. The number of hydrogen-bond acceptors (Lipinski definition) is 12. The molecule has 1 amide bonds. The summed E-state index contributed by atoms with van der Waals surface area (Å²) in [7, 11) is 0. The number of carbonyl (C=O) groups is 1. The summed E-state index contributed by atoms with van der Waals surface area (Å²) in [5.41, 5.74) is 4.81. The fourth-order valence-corrected chi connectivity index (χ4v) is 2.48. The highest BCUT2D eigenvalue weighted by Crippen LogP contribution is 2.06. The topological polar surface area (TPSA) is 147 Å². The van der Waals surface area contributed by atoms with Crippen LogP contribution < -0.4 is 11.1 Å². The van der Waals surface area contributed by atoms with Gasteiger partial charge in [0.05, 0.1) is 119 Å². The number of carbonyl (C=O) groups excluding carboxylic acids is 1. The number of nitrogens with two attached hydrogens (primary N) is 1. The van der Waals surface area contributed by atoms with E-state index in [0.29, 0.717) is 132 Å². The van der Waals surface area contributed by atoms with Gasteiger partial charge in [0.2, 0.25) is 0 Å². The van der Waals surface area contributed by atoms with Gasteiger partial charge in [-0.1, -0.05) is 0 Å². The lowest BCUT2D eigenvalue weighted by Crippen LogP contribution is -2.34. The fourth-order valence-electron chi connectivity index (χ4n) is 2.48. The molecule has 0 aliphatic rings. The van der Waals surface area contributed by atoms with Crippen LogP contribution in [0.3, 0.4) is 0 Å². The molecule has 13 heteroatoms. The molecule has 0 saturated carbocycles. The van der Waals surface area contributed by atoms with E-state index in [2.05, 4.69) is 5.32 Å². The van der Waals surface area contributed by atoms with Crippen molar-refractivity contribution in [2.75, 3.05) is 132 Å². The van der Waals surface area contributed by atoms with Gasteiger partial charge in [-0.2, -0.15) is 0 Å². The lowest BCUT2D eigenvalue weighted by atomic mass is 10.2. The van der Waals surface area contributed by atoms with E-state index in [1.54, 1.807) is 0 Å². The van der Waals surface area contributed by atoms with Gasteiger partial charge in [0, 0.05) is 13.1 Å². The predicted molar refractivity (Wildman–Crippen MR) is 141 cm³/mol. The normalized spacial score (nSPS) is 11.7. The van der Waals surface area contributed by atoms with Crippen LogP contribution in [0.1, 0.15) is 20.8 Å². The standard InChI is InChI=1S/C25H52N2O11/c1-25(2,3)38-24(28)27-5-7-30-9-11-32-13-15-34-17-19-36-21-23-37-22-20-35-18-16-33-14-12-31-10-8-29-6-4-26/h4-23,26H2,1-3H3,(H,27,28). The van der Waals surface area contributed by atoms with Gasteiger partial charge < -0.3 is 58.4 Å². The maximum atomic E-state index is 11.5. The second kappa shape index (κ2) is 28.9. The zero-order chi connectivity index (χ0) is 28.0. The summed E-state index contributed by atoms with van der Waals surface area (Å²) in [6.45, 7) is 15.4. The second-order valence-corrected chi connectivity index (χ2v) is 8.73. The first kappa shape index (κ1) is 36.9. The Bertz CT molecular complexity index is 496. The van der Waals surface area contributed by atoms with E-state index in [4.69, 9.17) is 53.1 Å². The van der Waals surface area contributed by atoms with Crippen LogP contribution in [0.4, 0.5) is 4.79 Å². The van der Waals surface area contributed by atoms with E-state index in [9.17, 15) is 4.79 Å². The van der Waals surface area contributed by atoms with Crippen LogP contribution in [-0.4, -0.2) is 144 Å². The average molecular weight is 557 g/mol. The van der Waals surface area contributed by atoms with Crippen molar-refractivity contribution < 1.29 is 52.2 Å². The third kappa shape index (κ3) is 32.9. The van der Waals surface area contributed by atoms with E-state index in [-0.39, 0.29) is 0 Å². The highest BCUT2D eigenvalue weighted by atomic mass is 16.6. The Morgan fingerprint density at radius 2 is 0.763 bits per heavy atom. The number of ether oxygens (including phenoxy) is 10. The van der Waals surface area contributed by atoms with Gasteiger partial charge in [-0.05, 0) is 20.8 Å². The molecule has 0 aliphatic carbocycles. The number of nitrogens with one attached hydrogen (secondary N) is 1. The molecule has 0 atom stereocenters. The first-order valence-corrected chi connectivity index (χ1v) is 13.3. The van der Waals surface area contributed by atoms with Crippen LogP contribution in [0.25, 0.3) is 0 Å². The summed E-state index contributed by atoms with van der Waals surface area (Å²) in [4.78, 5) is 11.5. The van der Waals surface area contributed by atoms with Crippen molar-refractivity contribution in [3.63, 3.8) is 0 Å². The molecule has 0 saturated heterocycles. The average Bonchev–Trinajstić information content (AvgIpc) is 2.86. The Morgan fingerprint density at radius 1 is 0.500 bits per heavy atom. The molecule has 0 fully saturated rings. The Hall–Kier alpha value is -1.13. The van der Waals surface area contributed by atoms with Crippen molar-refractivity contribution in [2.45, 2.75) is 26.4 Å². The number of hydrogen-bond donors (Lipinski definition) is 2. The Balaban J connectivity index is 3.09. The van der Waals surface area contributed by atoms with Crippen LogP contribution in [0, 0.1) is 0 Å². The van der Waals surface area contributed by atoms with E-state index in [1.807, 2.05) is 20.8 Å². The minimum atomic E-state index is -0.507. The van der Waals surface area contributed by atoms with Gasteiger partial charge in [0.15, 0.2) is 0 Å². The van der Waals surface area contributed by atoms with Crippen molar-refractivity contribution in [2.24, 2.45) is 5.73 Å². The minimum absolute atomic E-state index is 0.386. The molecule has 0 unspecified atom stereocenters. The quantitative estimate of drug-likeness (QED) is 0.124. The van der Waals surface area contributed by atoms with Crippen LogP contribution in [0.15, 0.2) is 0 Å². The summed E-state index contributed by atoms with van der Waals surface area (Å²) in [6.07, 6.45) is -0.450. The third-order valence-electron chi connectivity index (χ3n) is 4.15. The van der Waals surface area contributed by atoms with E-state index in [0.717, 1.165) is 0 Å². The lowest BCUT2D eigenvalue weighted by molar-refractivity contribution is -0.0248. The van der Waals surface area contributed by atoms with Gasteiger partial charge in [-0.15, -0.1) is 0 Å². The maximum absolute atomic E-state index is 11.5. The molecule has 0 heterocycles. The van der Waals surface area contributed by atoms with Gasteiger partial charge >= 0.3 is 6.09 Å². The predicted octanol–water partition coefficient (Wildman–Crippen LogP) is 0.619. The minimum Gasteiger partial charge on any atom is -0.444 e. The first-order chi connectivity index (χ1) is 18.5. The molecule has 0 aromatic heterocycles. The van der Waals surface area contributed by atoms with Crippen molar-refractivity contribution in [1.82, 2.24) is 5.32 Å². The molecule has 38 heavy (non-hydrogen) atoms. The fraction of sp³-hybridized carbons (Fsp3) is 0.960. The number of alkyl carbamates (subject to hydrolysis) is 1. The largest absolute Gasteiger partial charge is 0.444 e. The van der Waals surface area contributed by atoms with Crippen LogP contribution >= 0.6 is 0 Å². The smallest absolute Gasteiger partial charge is 0.407 e. The van der Waals surface area contributed by atoms with E-state index >= 15 is 0 Å². The van der Waals surface area contributed by atoms with Crippen LogP contribution in [0.2, 0.25) is 0 Å². The Labute approximate surface area is 228 Å². The molecular weight excluding hydrogens is 504 g/mol. The van der Waals surface area contributed by atoms with E-state index in [1.165, 1.54) is 0 Å². The first-order valence-electron chi connectivity index (χ1n) is 13.3. The van der Waals surface area contributed by atoms with Gasteiger partial charge in [0.1, 0.15) is 5.60 Å². The van der Waals surface area contributed by atoms with Gasteiger partial charge in [-0.3, -0.25) is 0 Å². The zero-order valence-corrected chi connectivity index (χ0v) is 23.7. The SMILES string of the molecule is CC(C)(C)OC(=O)NCCOCCOCCOCCOCCOCCOCCOCCOCCOCCN. The molecule has 3 N–H and O–H groups in total. The van der Waals surface area contributed by atoms with Crippen molar-refractivity contribution >= 4 is 6.09 Å². The zero-order valence-electron chi connectivity index (χ0n) is 23.7. The second-order valence-electron chi connectivity index (χ2n) is 8.73. The molecule has 0 spiro atoms. The van der Waals surface area contributed by atoms with E-state index < -0.39 is 11.7 Å². The summed E-state index contributed by atoms with van der Waals surface area (Å²) < 4.78 is 53.6. The van der Waals surface area contributed by atoms with Crippen LogP contribution in [-0.2, 0) is 47.4 Å². The summed E-state index contributed by atoms with van der Waals surface area (Å²) in [5, 5.41) is 2.63. The molecule has 228 valence electrons. The molecular formula is C25H52N2O11. The molecule has 13 nitrogen and oxygen atoms in total. The molecule has 0 aromatic carbocycles. The Kier molecular flexibility index (Phi) is 28.0. The summed E-state index contributed by atoms with van der Waals surface area (Å²) in [6, 6.07) is 0. The molecule has 0 radical (unpaired) electrons. The Morgan fingerprint density at radius 3 is 1.03 bits per heavy atom. The highest BCUT2D eigenvalue weighted by molar-refractivity contribution is 5.67. The molecule has 0 aromatic rings. The van der Waals surface area contributed by atoms with Gasteiger partial charge in [0.25, 0.3) is 0 Å². The van der Waals surface area contributed by atoms with Crippen molar-refractivity contribution in [3.05, 3.63) is 0 Å². The molecule has 0 bridgehead atoms. The summed E-state index contributed by atoms with van der Waals surface area (Å²) >= 11 is 0.